The zero-order valence-corrected chi connectivity index (χ0v) is 20.1. The molecular weight excluding hydrogens is 445 g/mol. The number of aromatic nitrogens is 1. The van der Waals surface area contributed by atoms with Crippen LogP contribution in [0.25, 0.3) is 0 Å². The van der Waals surface area contributed by atoms with Crippen LogP contribution >= 0.6 is 0 Å². The average molecular weight is 478 g/mol. The third-order valence-corrected chi connectivity index (χ3v) is 6.35. The molecule has 1 aliphatic rings. The van der Waals surface area contributed by atoms with Crippen molar-refractivity contribution in [2.75, 3.05) is 13.1 Å². The van der Waals surface area contributed by atoms with Gasteiger partial charge in [0.2, 0.25) is 5.91 Å². The maximum absolute atomic E-state index is 13.0. The summed E-state index contributed by atoms with van der Waals surface area (Å²) in [5, 5.41) is 3.01. The number of carbonyl (C=O) groups excluding carboxylic acids is 1. The van der Waals surface area contributed by atoms with Crippen LogP contribution in [0.1, 0.15) is 36.5 Å². The summed E-state index contributed by atoms with van der Waals surface area (Å²) in [6.07, 6.45) is 4.49. The van der Waals surface area contributed by atoms with Crippen LogP contribution in [-0.2, 0) is 30.9 Å². The highest BCUT2D eigenvalue weighted by Crippen LogP contribution is 2.15. The smallest absolute Gasteiger partial charge is 0.254 e. The Kier molecular flexibility index (Phi) is 8.32. The summed E-state index contributed by atoms with van der Waals surface area (Å²) in [5.74, 6) is 0.263. The van der Waals surface area contributed by atoms with Gasteiger partial charge in [0.1, 0.15) is 18.2 Å². The monoisotopic (exact) mass is 477 g/mol. The fourth-order valence-corrected chi connectivity index (χ4v) is 4.35. The average Bonchev–Trinajstić information content (AvgIpc) is 2.85. The summed E-state index contributed by atoms with van der Waals surface area (Å²) >= 11 is 0. The molecule has 0 radical (unpaired) electrons. The van der Waals surface area contributed by atoms with E-state index in [9.17, 15) is 14.0 Å². The highest BCUT2D eigenvalue weighted by atomic mass is 19.1. The second-order valence-corrected chi connectivity index (χ2v) is 9.13. The molecule has 0 bridgehead atoms. The molecule has 0 spiro atoms. The molecule has 1 N–H and O–H groups in total. The number of piperidine rings is 1. The van der Waals surface area contributed by atoms with Crippen molar-refractivity contribution in [1.82, 2.24) is 14.8 Å². The van der Waals surface area contributed by atoms with E-state index in [0.717, 1.165) is 44.5 Å². The predicted molar refractivity (Wildman–Crippen MR) is 134 cm³/mol. The second kappa shape index (κ2) is 11.8. The third kappa shape index (κ3) is 7.52. The second-order valence-electron chi connectivity index (χ2n) is 9.13. The zero-order chi connectivity index (χ0) is 24.6. The predicted octanol–water partition coefficient (Wildman–Crippen LogP) is 3.91. The van der Waals surface area contributed by atoms with E-state index in [0.29, 0.717) is 18.3 Å². The fraction of sp³-hybridized carbons (Fsp3) is 0.357. The van der Waals surface area contributed by atoms with Crippen molar-refractivity contribution in [2.24, 2.45) is 0 Å². The maximum atomic E-state index is 13.0. The Labute approximate surface area is 205 Å². The van der Waals surface area contributed by atoms with Crippen molar-refractivity contribution < 1.29 is 13.9 Å². The molecule has 0 saturated carbocycles. The Morgan fingerprint density at radius 2 is 1.66 bits per heavy atom. The number of hydrogen-bond donors (Lipinski definition) is 1. The molecule has 1 amide bonds. The number of benzene rings is 2. The van der Waals surface area contributed by atoms with Crippen LogP contribution in [0.4, 0.5) is 4.39 Å². The fourth-order valence-electron chi connectivity index (χ4n) is 4.35. The van der Waals surface area contributed by atoms with Gasteiger partial charge in [0.25, 0.3) is 5.56 Å². The van der Waals surface area contributed by atoms with E-state index in [4.69, 9.17) is 4.74 Å². The van der Waals surface area contributed by atoms with Crippen molar-refractivity contribution in [1.29, 1.82) is 0 Å². The summed E-state index contributed by atoms with van der Waals surface area (Å²) in [6, 6.07) is 18.2. The first-order valence-electron chi connectivity index (χ1n) is 12.1. The molecular formula is C28H32FN3O3. The van der Waals surface area contributed by atoms with Gasteiger partial charge in [-0.15, -0.1) is 0 Å². The topological polar surface area (TPSA) is 63.6 Å². The van der Waals surface area contributed by atoms with Gasteiger partial charge in [-0.3, -0.25) is 14.5 Å². The van der Waals surface area contributed by atoms with Gasteiger partial charge in [-0.25, -0.2) is 4.39 Å². The van der Waals surface area contributed by atoms with Gasteiger partial charge < -0.3 is 14.6 Å². The van der Waals surface area contributed by atoms with Crippen LogP contribution < -0.4 is 15.6 Å². The maximum Gasteiger partial charge on any atom is 0.254 e. The number of ether oxygens (including phenoxy) is 1. The van der Waals surface area contributed by atoms with Crippen molar-refractivity contribution >= 4 is 5.91 Å². The number of nitrogens with zero attached hydrogens (tertiary/aromatic N) is 2. The molecule has 2 aromatic carbocycles. The first-order chi connectivity index (χ1) is 16.9. The molecule has 6 nitrogen and oxygen atoms in total. The molecule has 7 heteroatoms. The minimum Gasteiger partial charge on any atom is -0.489 e. The molecule has 1 saturated heterocycles. The van der Waals surface area contributed by atoms with Crippen molar-refractivity contribution in [3.05, 3.63) is 99.7 Å². The molecule has 2 heterocycles. The quantitative estimate of drug-likeness (QED) is 0.508. The highest BCUT2D eigenvalue weighted by Gasteiger charge is 2.19. The van der Waals surface area contributed by atoms with Gasteiger partial charge >= 0.3 is 0 Å². The van der Waals surface area contributed by atoms with Gasteiger partial charge in [-0.1, -0.05) is 36.4 Å². The number of pyridine rings is 1. The number of amides is 1. The lowest BCUT2D eigenvalue weighted by Gasteiger charge is -2.32. The first kappa shape index (κ1) is 24.7. The van der Waals surface area contributed by atoms with Crippen LogP contribution in [0.3, 0.4) is 0 Å². The SMILES string of the molecule is CC(=O)NC1CCN(Cc2ccc(CCn3ccc(OCc4ccc(F)cc4)cc3=O)cc2)CC1. The van der Waals surface area contributed by atoms with E-state index < -0.39 is 0 Å². The molecule has 35 heavy (non-hydrogen) atoms. The summed E-state index contributed by atoms with van der Waals surface area (Å²) in [5.41, 5.74) is 3.18. The van der Waals surface area contributed by atoms with Gasteiger partial charge in [-0.2, -0.15) is 0 Å². The normalized spacial score (nSPS) is 14.6. The molecule has 4 rings (SSSR count). The largest absolute Gasteiger partial charge is 0.489 e. The molecule has 184 valence electrons. The number of carbonyl (C=O) groups is 1. The first-order valence-corrected chi connectivity index (χ1v) is 12.1. The van der Waals surface area contributed by atoms with E-state index in [1.807, 2.05) is 0 Å². The number of nitrogens with one attached hydrogen (secondary N) is 1. The summed E-state index contributed by atoms with van der Waals surface area (Å²) < 4.78 is 20.4. The van der Waals surface area contributed by atoms with Crippen LogP contribution in [0.2, 0.25) is 0 Å². The van der Waals surface area contributed by atoms with Gasteiger partial charge in [0.15, 0.2) is 0 Å². The lowest BCUT2D eigenvalue weighted by molar-refractivity contribution is -0.119. The molecule has 1 aromatic heterocycles. The molecule has 0 unspecified atom stereocenters. The molecule has 0 aliphatic carbocycles. The van der Waals surface area contributed by atoms with Crippen molar-refractivity contribution in [3.63, 3.8) is 0 Å². The Morgan fingerprint density at radius 3 is 2.31 bits per heavy atom. The minimum atomic E-state index is -0.286. The third-order valence-electron chi connectivity index (χ3n) is 6.35. The number of halogens is 1. The summed E-state index contributed by atoms with van der Waals surface area (Å²) in [6.45, 7) is 5.33. The Hall–Kier alpha value is -3.45. The minimum absolute atomic E-state index is 0.0486. The standard InChI is InChI=1S/C28H32FN3O3/c1-21(33)30-26-11-14-31(15-12-26)19-23-4-2-22(3-5-23)10-16-32-17-13-27(18-28(32)34)35-20-24-6-8-25(29)9-7-24/h2-9,13,17-18,26H,10-12,14-16,19-20H2,1H3,(H,30,33). The lowest BCUT2D eigenvalue weighted by Crippen LogP contribution is -2.43. The van der Waals surface area contributed by atoms with Gasteiger partial charge in [-0.05, 0) is 54.2 Å². The van der Waals surface area contributed by atoms with Crippen LogP contribution in [0.5, 0.6) is 5.75 Å². The van der Waals surface area contributed by atoms with E-state index in [-0.39, 0.29) is 23.9 Å². The van der Waals surface area contributed by atoms with Gasteiger partial charge in [0.05, 0.1) is 0 Å². The summed E-state index contributed by atoms with van der Waals surface area (Å²) in [4.78, 5) is 26.1. The molecule has 1 fully saturated rings. The molecule has 1 aliphatic heterocycles. The molecule has 0 atom stereocenters. The number of likely N-dealkylation sites (tertiary alicyclic amines) is 1. The Balaban J connectivity index is 1.23. The van der Waals surface area contributed by atoms with E-state index >= 15 is 0 Å². The number of rotatable bonds is 9. The Morgan fingerprint density at radius 1 is 1.00 bits per heavy atom. The number of hydrogen-bond acceptors (Lipinski definition) is 4. The number of aryl methyl sites for hydroxylation is 2. The highest BCUT2D eigenvalue weighted by molar-refractivity contribution is 5.73. The zero-order valence-electron chi connectivity index (χ0n) is 20.1. The van der Waals surface area contributed by atoms with E-state index in [2.05, 4.69) is 34.5 Å². The van der Waals surface area contributed by atoms with Crippen molar-refractivity contribution in [2.45, 2.75) is 51.9 Å². The van der Waals surface area contributed by atoms with Crippen LogP contribution in [0.15, 0.2) is 71.7 Å². The lowest BCUT2D eigenvalue weighted by atomic mass is 10.0. The van der Waals surface area contributed by atoms with Crippen LogP contribution in [0, 0.1) is 5.82 Å². The van der Waals surface area contributed by atoms with E-state index in [1.165, 1.54) is 29.3 Å². The Bertz CT molecular complexity index is 1170. The summed E-state index contributed by atoms with van der Waals surface area (Å²) in [7, 11) is 0. The van der Waals surface area contributed by atoms with E-state index in [1.54, 1.807) is 35.9 Å². The van der Waals surface area contributed by atoms with Crippen molar-refractivity contribution in [3.8, 4) is 5.75 Å². The van der Waals surface area contributed by atoms with Gasteiger partial charge in [0, 0.05) is 51.4 Å². The van der Waals surface area contributed by atoms with Crippen LogP contribution in [-0.4, -0.2) is 34.5 Å². The molecule has 3 aromatic rings.